The third-order valence-electron chi connectivity index (χ3n) is 5.34. The van der Waals surface area contributed by atoms with Crippen molar-refractivity contribution in [1.29, 1.82) is 0 Å². The summed E-state index contributed by atoms with van der Waals surface area (Å²) in [6, 6.07) is 6.40. The molecule has 3 amide bonds. The van der Waals surface area contributed by atoms with Crippen LogP contribution in [0.5, 0.6) is 5.75 Å². The van der Waals surface area contributed by atoms with Crippen LogP contribution in [0, 0.1) is 0 Å². The van der Waals surface area contributed by atoms with Crippen LogP contribution >= 0.6 is 23.1 Å². The van der Waals surface area contributed by atoms with Crippen LogP contribution < -0.4 is 21.3 Å². The average Bonchev–Trinajstić information content (AvgIpc) is 2.94. The number of rotatable bonds is 6. The lowest BCUT2D eigenvalue weighted by molar-refractivity contribution is -0.119. The first-order valence-corrected chi connectivity index (χ1v) is 12.2. The Hall–Kier alpha value is -2.85. The highest BCUT2D eigenvalue weighted by Gasteiger charge is 2.22. The Morgan fingerprint density at radius 2 is 2.09 bits per heavy atom. The molecular weight excluding hydrogens is 448 g/mol. The van der Waals surface area contributed by atoms with E-state index in [9.17, 15) is 14.4 Å². The number of thioether (sulfide) groups is 1. The molecule has 2 aromatic heterocycles. The Morgan fingerprint density at radius 3 is 2.88 bits per heavy atom. The molecule has 8 nitrogen and oxygen atoms in total. The SMILES string of the molecule is COc1cccc(-n2c(SCCC(=O)NC(N)=O)nc3sc4c(c3c2=O)CCCCC4)c1. The van der Waals surface area contributed by atoms with Gasteiger partial charge in [0.1, 0.15) is 10.6 Å². The highest BCUT2D eigenvalue weighted by molar-refractivity contribution is 7.99. The Bertz CT molecular complexity index is 1230. The van der Waals surface area contributed by atoms with Gasteiger partial charge in [0.25, 0.3) is 5.56 Å². The van der Waals surface area contributed by atoms with Crippen LogP contribution in [0.2, 0.25) is 0 Å². The second kappa shape index (κ2) is 9.74. The van der Waals surface area contributed by atoms with Crippen LogP contribution in [0.4, 0.5) is 4.79 Å². The Morgan fingerprint density at radius 1 is 1.28 bits per heavy atom. The van der Waals surface area contributed by atoms with E-state index in [1.165, 1.54) is 23.1 Å². The first kappa shape index (κ1) is 22.3. The number of carbonyl (C=O) groups excluding carboxylic acids is 2. The van der Waals surface area contributed by atoms with Crippen molar-refractivity contribution in [2.45, 2.75) is 43.7 Å². The smallest absolute Gasteiger partial charge is 0.318 e. The summed E-state index contributed by atoms with van der Waals surface area (Å²) in [5.74, 6) is 0.506. The number of amides is 3. The van der Waals surface area contributed by atoms with Crippen molar-refractivity contribution in [3.63, 3.8) is 0 Å². The molecule has 0 aliphatic heterocycles. The van der Waals surface area contributed by atoms with Crippen molar-refractivity contribution in [1.82, 2.24) is 14.9 Å². The number of primary amides is 1. The summed E-state index contributed by atoms with van der Waals surface area (Å²) in [7, 11) is 1.58. The van der Waals surface area contributed by atoms with Gasteiger partial charge < -0.3 is 10.5 Å². The fourth-order valence-electron chi connectivity index (χ4n) is 3.87. The van der Waals surface area contributed by atoms with Crippen molar-refractivity contribution < 1.29 is 14.3 Å². The normalized spacial score (nSPS) is 13.4. The second-order valence-corrected chi connectivity index (χ2v) is 9.64. The summed E-state index contributed by atoms with van der Waals surface area (Å²) >= 11 is 2.89. The number of nitrogens with zero attached hydrogens (tertiary/aromatic N) is 2. The number of nitrogens with two attached hydrogens (primary N) is 1. The number of thiophene rings is 1. The number of imide groups is 1. The molecule has 2 heterocycles. The maximum Gasteiger partial charge on any atom is 0.318 e. The van der Waals surface area contributed by atoms with Crippen molar-refractivity contribution in [2.75, 3.05) is 12.9 Å². The summed E-state index contributed by atoms with van der Waals surface area (Å²) in [6.07, 6.45) is 5.31. The van der Waals surface area contributed by atoms with Gasteiger partial charge in [0, 0.05) is 23.1 Å². The average molecular weight is 473 g/mol. The predicted molar refractivity (Wildman–Crippen MR) is 126 cm³/mol. The molecule has 3 N–H and O–H groups in total. The minimum atomic E-state index is -0.882. The van der Waals surface area contributed by atoms with Gasteiger partial charge in [0.2, 0.25) is 5.91 Å². The van der Waals surface area contributed by atoms with Gasteiger partial charge in [0.05, 0.1) is 18.2 Å². The first-order chi connectivity index (χ1) is 15.5. The Kier molecular flexibility index (Phi) is 6.80. The van der Waals surface area contributed by atoms with E-state index in [1.807, 2.05) is 18.2 Å². The van der Waals surface area contributed by atoms with Crippen molar-refractivity contribution in [2.24, 2.45) is 5.73 Å². The Labute approximate surface area is 193 Å². The number of fused-ring (bicyclic) bond motifs is 3. The highest BCUT2D eigenvalue weighted by Crippen LogP contribution is 2.35. The minimum Gasteiger partial charge on any atom is -0.497 e. The molecule has 0 saturated heterocycles. The molecule has 0 fully saturated rings. The molecule has 1 aliphatic carbocycles. The molecule has 0 spiro atoms. The van der Waals surface area contributed by atoms with E-state index in [-0.39, 0.29) is 12.0 Å². The molecule has 3 aromatic rings. The van der Waals surface area contributed by atoms with E-state index < -0.39 is 11.9 Å². The van der Waals surface area contributed by atoms with E-state index in [0.717, 1.165) is 36.1 Å². The van der Waals surface area contributed by atoms with Crippen LogP contribution in [0.15, 0.2) is 34.2 Å². The molecule has 1 aliphatic rings. The predicted octanol–water partition coefficient (Wildman–Crippen LogP) is 3.40. The number of ether oxygens (including phenoxy) is 1. The maximum atomic E-state index is 13.8. The molecule has 4 rings (SSSR count). The maximum absolute atomic E-state index is 13.8. The fourth-order valence-corrected chi connectivity index (χ4v) is 6.12. The summed E-state index contributed by atoms with van der Waals surface area (Å²) in [5, 5.41) is 3.25. The lowest BCUT2D eigenvalue weighted by atomic mass is 10.1. The zero-order valence-corrected chi connectivity index (χ0v) is 19.3. The fraction of sp³-hybridized carbons (Fsp3) is 0.364. The number of aryl methyl sites for hydroxylation is 2. The minimum absolute atomic E-state index is 0.0700. The molecule has 10 heteroatoms. The molecule has 0 saturated carbocycles. The largest absolute Gasteiger partial charge is 0.497 e. The number of carbonyl (C=O) groups is 2. The molecule has 168 valence electrons. The van der Waals surface area contributed by atoms with Crippen LogP contribution in [0.25, 0.3) is 15.9 Å². The number of hydrogen-bond donors (Lipinski definition) is 2. The molecule has 0 radical (unpaired) electrons. The molecule has 0 bridgehead atoms. The van der Waals surface area contributed by atoms with Crippen molar-refractivity contribution >= 4 is 45.3 Å². The van der Waals surface area contributed by atoms with Gasteiger partial charge in [0.15, 0.2) is 5.16 Å². The van der Waals surface area contributed by atoms with Crippen molar-refractivity contribution in [3.8, 4) is 11.4 Å². The number of hydrogen-bond acceptors (Lipinski definition) is 7. The first-order valence-electron chi connectivity index (χ1n) is 10.4. The van der Waals surface area contributed by atoms with Gasteiger partial charge in [-0.25, -0.2) is 9.78 Å². The molecule has 0 atom stereocenters. The van der Waals surface area contributed by atoms with Gasteiger partial charge in [-0.15, -0.1) is 11.3 Å². The van der Waals surface area contributed by atoms with Crippen LogP contribution in [-0.2, 0) is 17.6 Å². The number of methoxy groups -OCH3 is 1. The monoisotopic (exact) mass is 472 g/mol. The molecule has 1 aromatic carbocycles. The van der Waals surface area contributed by atoms with Gasteiger partial charge in [-0.1, -0.05) is 24.2 Å². The lowest BCUT2D eigenvalue weighted by Gasteiger charge is -2.13. The third kappa shape index (κ3) is 4.66. The zero-order chi connectivity index (χ0) is 22.7. The van der Waals surface area contributed by atoms with E-state index in [4.69, 9.17) is 15.5 Å². The third-order valence-corrected chi connectivity index (χ3v) is 7.47. The quantitative estimate of drug-likeness (QED) is 0.323. The topological polar surface area (TPSA) is 116 Å². The summed E-state index contributed by atoms with van der Waals surface area (Å²) in [6.45, 7) is 0. The second-order valence-electron chi connectivity index (χ2n) is 7.49. The van der Waals surface area contributed by atoms with Gasteiger partial charge >= 0.3 is 6.03 Å². The van der Waals surface area contributed by atoms with E-state index in [1.54, 1.807) is 29.1 Å². The van der Waals surface area contributed by atoms with Gasteiger partial charge in [-0.3, -0.25) is 19.5 Å². The highest BCUT2D eigenvalue weighted by atomic mass is 32.2. The van der Waals surface area contributed by atoms with E-state index in [0.29, 0.717) is 27.7 Å². The number of benzene rings is 1. The number of aromatic nitrogens is 2. The molecule has 0 unspecified atom stereocenters. The molecule has 32 heavy (non-hydrogen) atoms. The number of urea groups is 1. The van der Waals surface area contributed by atoms with E-state index >= 15 is 0 Å². The van der Waals surface area contributed by atoms with Crippen LogP contribution in [-0.4, -0.2) is 34.4 Å². The summed E-state index contributed by atoms with van der Waals surface area (Å²) in [5.41, 5.74) is 6.68. The standard InChI is InChI=1S/C22H24N4O4S2/c1-30-14-7-5-6-13(12-14)26-20(28)18-15-8-3-2-4-9-16(15)32-19(18)25-22(26)31-11-10-17(27)24-21(23)29/h5-7,12H,2-4,8-11H2,1H3,(H3,23,24,27,29). The van der Waals surface area contributed by atoms with Crippen molar-refractivity contribution in [3.05, 3.63) is 45.1 Å². The zero-order valence-electron chi connectivity index (χ0n) is 17.7. The van der Waals surface area contributed by atoms with Crippen LogP contribution in [0.3, 0.4) is 0 Å². The summed E-state index contributed by atoms with van der Waals surface area (Å²) < 4.78 is 6.94. The van der Waals surface area contributed by atoms with Gasteiger partial charge in [-0.05, 0) is 43.4 Å². The number of nitrogens with one attached hydrogen (secondary N) is 1. The molecular formula is C22H24N4O4S2. The van der Waals surface area contributed by atoms with Crippen LogP contribution in [0.1, 0.15) is 36.1 Å². The van der Waals surface area contributed by atoms with E-state index in [2.05, 4.69) is 5.32 Å². The summed E-state index contributed by atoms with van der Waals surface area (Å²) in [4.78, 5) is 43.3. The Balaban J connectivity index is 1.79. The lowest BCUT2D eigenvalue weighted by Crippen LogP contribution is -2.35. The van der Waals surface area contributed by atoms with Gasteiger partial charge in [-0.2, -0.15) is 0 Å².